The average molecular weight is 309 g/mol. The molecule has 2 aromatic heterocycles. The van der Waals surface area contributed by atoms with Gasteiger partial charge in [0.1, 0.15) is 6.33 Å². The Morgan fingerprint density at radius 3 is 3.14 bits per heavy atom. The summed E-state index contributed by atoms with van der Waals surface area (Å²) in [5, 5.41) is 13.1. The van der Waals surface area contributed by atoms with Gasteiger partial charge in [0.25, 0.3) is 0 Å². The number of aromatic nitrogens is 5. The maximum absolute atomic E-state index is 5.36. The van der Waals surface area contributed by atoms with Crippen molar-refractivity contribution in [3.8, 4) is 0 Å². The van der Waals surface area contributed by atoms with E-state index in [4.69, 9.17) is 9.26 Å². The molecule has 7 nitrogen and oxygen atoms in total. The molecular formula is C13H19N5O2S. The predicted octanol–water partition coefficient (Wildman–Crippen LogP) is 2.43. The second kappa shape index (κ2) is 6.57. The molecule has 1 fully saturated rings. The van der Waals surface area contributed by atoms with Crippen LogP contribution in [-0.4, -0.2) is 38.6 Å². The van der Waals surface area contributed by atoms with Gasteiger partial charge in [-0.3, -0.25) is 0 Å². The van der Waals surface area contributed by atoms with Gasteiger partial charge in [-0.25, -0.2) is 0 Å². The second-order valence-electron chi connectivity index (χ2n) is 5.18. The summed E-state index contributed by atoms with van der Waals surface area (Å²) in [6.45, 7) is 3.61. The van der Waals surface area contributed by atoms with Gasteiger partial charge in [0.15, 0.2) is 11.0 Å². The minimum Gasteiger partial charge on any atom is -0.385 e. The van der Waals surface area contributed by atoms with Crippen LogP contribution in [0.5, 0.6) is 0 Å². The van der Waals surface area contributed by atoms with Gasteiger partial charge in [-0.05, 0) is 26.2 Å². The van der Waals surface area contributed by atoms with E-state index in [-0.39, 0.29) is 5.25 Å². The molecule has 0 amide bonds. The van der Waals surface area contributed by atoms with Crippen LogP contribution in [0.25, 0.3) is 0 Å². The van der Waals surface area contributed by atoms with Crippen molar-refractivity contribution >= 4 is 11.8 Å². The van der Waals surface area contributed by atoms with E-state index in [1.54, 1.807) is 25.2 Å². The van der Waals surface area contributed by atoms with E-state index in [1.165, 1.54) is 12.8 Å². The van der Waals surface area contributed by atoms with Crippen molar-refractivity contribution in [1.82, 2.24) is 24.9 Å². The topological polar surface area (TPSA) is 78.9 Å². The summed E-state index contributed by atoms with van der Waals surface area (Å²) >= 11 is 1.59. The quantitative estimate of drug-likeness (QED) is 0.547. The van der Waals surface area contributed by atoms with Crippen LogP contribution < -0.4 is 0 Å². The molecule has 0 saturated heterocycles. The van der Waals surface area contributed by atoms with Crippen LogP contribution in [0.4, 0.5) is 0 Å². The van der Waals surface area contributed by atoms with Crippen LogP contribution >= 0.6 is 11.8 Å². The van der Waals surface area contributed by atoms with Crippen molar-refractivity contribution in [3.63, 3.8) is 0 Å². The molecule has 3 rings (SSSR count). The van der Waals surface area contributed by atoms with Gasteiger partial charge in [0.2, 0.25) is 5.89 Å². The molecule has 2 heterocycles. The van der Waals surface area contributed by atoms with Gasteiger partial charge in [0, 0.05) is 26.2 Å². The van der Waals surface area contributed by atoms with E-state index in [2.05, 4.69) is 20.3 Å². The summed E-state index contributed by atoms with van der Waals surface area (Å²) in [4.78, 5) is 4.48. The molecular weight excluding hydrogens is 290 g/mol. The zero-order chi connectivity index (χ0) is 14.7. The number of methoxy groups -OCH3 is 1. The van der Waals surface area contributed by atoms with Gasteiger partial charge in [-0.15, -0.1) is 10.2 Å². The molecule has 114 valence electrons. The van der Waals surface area contributed by atoms with Gasteiger partial charge >= 0.3 is 0 Å². The van der Waals surface area contributed by atoms with Crippen LogP contribution in [0, 0.1) is 0 Å². The van der Waals surface area contributed by atoms with E-state index in [1.807, 2.05) is 11.5 Å². The lowest BCUT2D eigenvalue weighted by atomic mass is 10.4. The smallest absolute Gasteiger partial charge is 0.239 e. The monoisotopic (exact) mass is 309 g/mol. The van der Waals surface area contributed by atoms with Crippen LogP contribution in [0.2, 0.25) is 0 Å². The second-order valence-corrected chi connectivity index (χ2v) is 6.49. The lowest BCUT2D eigenvalue weighted by molar-refractivity contribution is 0.189. The van der Waals surface area contributed by atoms with Crippen molar-refractivity contribution in [2.45, 2.75) is 49.1 Å². The van der Waals surface area contributed by atoms with E-state index in [0.29, 0.717) is 11.8 Å². The summed E-state index contributed by atoms with van der Waals surface area (Å²) in [6, 6.07) is 0. The van der Waals surface area contributed by atoms with Crippen molar-refractivity contribution in [3.05, 3.63) is 18.0 Å². The standard InChI is InChI=1S/C13H19N5O2S/c1-9(12-15-11(17-20-12)10-4-5-10)21-13-16-14-8-18(13)6-3-7-19-2/h8-10H,3-7H2,1-2H3. The number of rotatable bonds is 8. The first-order valence-corrected chi connectivity index (χ1v) is 8.02. The van der Waals surface area contributed by atoms with Crippen molar-refractivity contribution in [2.24, 2.45) is 0 Å². The fourth-order valence-corrected chi connectivity index (χ4v) is 2.88. The fraction of sp³-hybridized carbons (Fsp3) is 0.692. The van der Waals surface area contributed by atoms with Crippen LogP contribution in [0.15, 0.2) is 16.0 Å². The molecule has 1 saturated carbocycles. The summed E-state index contributed by atoms with van der Waals surface area (Å²) in [7, 11) is 1.71. The van der Waals surface area contributed by atoms with Gasteiger partial charge in [-0.1, -0.05) is 16.9 Å². The normalized spacial score (nSPS) is 16.3. The Hall–Kier alpha value is -1.41. The third-order valence-electron chi connectivity index (χ3n) is 3.36. The Balaban J connectivity index is 1.60. The Morgan fingerprint density at radius 1 is 1.52 bits per heavy atom. The molecule has 0 aliphatic heterocycles. The fourth-order valence-electron chi connectivity index (χ4n) is 2.00. The first kappa shape index (κ1) is 14.5. The summed E-state index contributed by atoms with van der Waals surface area (Å²) in [5.41, 5.74) is 0. The van der Waals surface area contributed by atoms with Gasteiger partial charge in [0.05, 0.1) is 5.25 Å². The van der Waals surface area contributed by atoms with Crippen LogP contribution in [0.3, 0.4) is 0 Å². The highest BCUT2D eigenvalue weighted by atomic mass is 32.2. The molecule has 0 spiro atoms. The molecule has 8 heteroatoms. The highest BCUT2D eigenvalue weighted by Gasteiger charge is 2.30. The van der Waals surface area contributed by atoms with E-state index < -0.39 is 0 Å². The molecule has 1 aliphatic rings. The average Bonchev–Trinajstić information content (AvgIpc) is 3.05. The predicted molar refractivity (Wildman–Crippen MR) is 77.1 cm³/mol. The third-order valence-corrected chi connectivity index (χ3v) is 4.44. The molecule has 0 N–H and O–H groups in total. The lowest BCUT2D eigenvalue weighted by Crippen LogP contribution is -2.03. The van der Waals surface area contributed by atoms with E-state index >= 15 is 0 Å². The molecule has 1 atom stereocenters. The summed E-state index contributed by atoms with van der Waals surface area (Å²) in [5.74, 6) is 2.02. The molecule has 2 aromatic rings. The number of hydrogen-bond acceptors (Lipinski definition) is 7. The summed E-state index contributed by atoms with van der Waals surface area (Å²) in [6.07, 6.45) is 5.03. The van der Waals surface area contributed by atoms with E-state index in [9.17, 15) is 0 Å². The molecule has 1 unspecified atom stereocenters. The zero-order valence-corrected chi connectivity index (χ0v) is 13.0. The maximum Gasteiger partial charge on any atom is 0.239 e. The minimum absolute atomic E-state index is 0.0652. The zero-order valence-electron chi connectivity index (χ0n) is 12.2. The highest BCUT2D eigenvalue weighted by Crippen LogP contribution is 2.40. The van der Waals surface area contributed by atoms with Gasteiger partial charge < -0.3 is 13.8 Å². The van der Waals surface area contributed by atoms with Crippen LogP contribution in [-0.2, 0) is 11.3 Å². The molecule has 1 aliphatic carbocycles. The SMILES string of the molecule is COCCCn1cnnc1SC(C)c1nc(C2CC2)no1. The first-order valence-electron chi connectivity index (χ1n) is 7.15. The Kier molecular flexibility index (Phi) is 4.54. The molecule has 21 heavy (non-hydrogen) atoms. The van der Waals surface area contributed by atoms with Crippen molar-refractivity contribution in [1.29, 1.82) is 0 Å². The molecule has 0 aromatic carbocycles. The number of thioether (sulfide) groups is 1. The van der Waals surface area contributed by atoms with Crippen LogP contribution in [0.1, 0.15) is 49.1 Å². The summed E-state index contributed by atoms with van der Waals surface area (Å²) < 4.78 is 12.4. The van der Waals surface area contributed by atoms with Crippen molar-refractivity contribution < 1.29 is 9.26 Å². The largest absolute Gasteiger partial charge is 0.385 e. The Morgan fingerprint density at radius 2 is 2.38 bits per heavy atom. The number of aryl methyl sites for hydroxylation is 1. The Labute approximate surface area is 127 Å². The first-order chi connectivity index (χ1) is 10.3. The lowest BCUT2D eigenvalue weighted by Gasteiger charge is -2.08. The maximum atomic E-state index is 5.36. The number of ether oxygens (including phenoxy) is 1. The number of hydrogen-bond donors (Lipinski definition) is 0. The molecule has 0 bridgehead atoms. The minimum atomic E-state index is 0.0652. The highest BCUT2D eigenvalue weighted by molar-refractivity contribution is 7.99. The number of nitrogens with zero attached hydrogens (tertiary/aromatic N) is 5. The van der Waals surface area contributed by atoms with Gasteiger partial charge in [-0.2, -0.15) is 4.98 Å². The van der Waals surface area contributed by atoms with E-state index in [0.717, 1.165) is 30.6 Å². The Bertz CT molecular complexity index is 581. The van der Waals surface area contributed by atoms with Crippen molar-refractivity contribution in [2.75, 3.05) is 13.7 Å². The third kappa shape index (κ3) is 3.62. The molecule has 0 radical (unpaired) electrons.